The lowest BCUT2D eigenvalue weighted by molar-refractivity contribution is -0.160. The van der Waals surface area contributed by atoms with Crippen LogP contribution in [0.3, 0.4) is 0 Å². The fourth-order valence-corrected chi connectivity index (χ4v) is 3.81. The summed E-state index contributed by atoms with van der Waals surface area (Å²) < 4.78 is 17.9. The van der Waals surface area contributed by atoms with Crippen LogP contribution in [0.25, 0.3) is 11.0 Å². The summed E-state index contributed by atoms with van der Waals surface area (Å²) in [7, 11) is 1.48. The number of likely N-dealkylation sites (tertiary alicyclic amines) is 1. The van der Waals surface area contributed by atoms with Gasteiger partial charge < -0.3 is 19.1 Å². The van der Waals surface area contributed by atoms with E-state index in [9.17, 15) is 9.59 Å². The average Bonchev–Trinajstić information content (AvgIpc) is 3.08. The molecule has 3 rings (SSSR count). The van der Waals surface area contributed by atoms with Crippen molar-refractivity contribution in [2.75, 3.05) is 26.8 Å². The van der Waals surface area contributed by atoms with Crippen LogP contribution in [0.4, 0.5) is 4.79 Å². The lowest BCUT2D eigenvalue weighted by Gasteiger charge is -2.40. The van der Waals surface area contributed by atoms with E-state index in [1.807, 2.05) is 20.8 Å². The molecule has 0 bridgehead atoms. The normalized spacial score (nSPS) is 16.3. The maximum absolute atomic E-state index is 13.0. The summed E-state index contributed by atoms with van der Waals surface area (Å²) in [5, 5.41) is 4.44. The monoisotopic (exact) mass is 453 g/mol. The number of fused-ring (bicyclic) bond motifs is 1. The second kappa shape index (κ2) is 8.86. The molecule has 1 aliphatic rings. The molecule has 3 heterocycles. The van der Waals surface area contributed by atoms with Crippen LogP contribution in [-0.4, -0.2) is 69.1 Å². The highest BCUT2D eigenvalue weighted by atomic mass is 35.5. The van der Waals surface area contributed by atoms with Crippen molar-refractivity contribution in [1.29, 1.82) is 0 Å². The van der Waals surface area contributed by atoms with Gasteiger partial charge >= 0.3 is 12.1 Å². The van der Waals surface area contributed by atoms with E-state index >= 15 is 0 Å². The predicted octanol–water partition coefficient (Wildman–Crippen LogP) is 3.07. The molecule has 0 saturated carbocycles. The third-order valence-electron chi connectivity index (χ3n) is 5.16. The van der Waals surface area contributed by atoms with Gasteiger partial charge in [-0.05, 0) is 52.1 Å². The van der Waals surface area contributed by atoms with Gasteiger partial charge in [-0.2, -0.15) is 10.1 Å². The van der Waals surface area contributed by atoms with Crippen molar-refractivity contribution in [3.63, 3.8) is 0 Å². The number of carbonyl (C=O) groups is 2. The van der Waals surface area contributed by atoms with Gasteiger partial charge in [-0.3, -0.25) is 9.48 Å². The topological polar surface area (TPSA) is 109 Å². The summed E-state index contributed by atoms with van der Waals surface area (Å²) in [5.41, 5.74) is -0.386. The Morgan fingerprint density at radius 3 is 2.48 bits per heavy atom. The maximum Gasteiger partial charge on any atom is 0.410 e. The molecule has 0 spiro atoms. The molecule has 2 aromatic heterocycles. The van der Waals surface area contributed by atoms with E-state index in [-0.39, 0.29) is 36.4 Å². The van der Waals surface area contributed by atoms with Gasteiger partial charge in [0, 0.05) is 13.1 Å². The number of piperidine rings is 1. The first-order valence-electron chi connectivity index (χ1n) is 10.2. The first-order chi connectivity index (χ1) is 14.6. The molecule has 0 aromatic carbocycles. The minimum Gasteiger partial charge on any atom is -0.479 e. The number of hydrogen-bond acceptors (Lipinski definition) is 8. The number of nitrogens with zero attached hydrogens (tertiary/aromatic N) is 5. The predicted molar refractivity (Wildman–Crippen MR) is 113 cm³/mol. The van der Waals surface area contributed by atoms with Gasteiger partial charge in [-0.1, -0.05) is 0 Å². The molecule has 11 heteroatoms. The highest BCUT2D eigenvalue weighted by molar-refractivity contribution is 6.28. The molecule has 1 saturated heterocycles. The van der Waals surface area contributed by atoms with Crippen LogP contribution < -0.4 is 4.74 Å². The van der Waals surface area contributed by atoms with Crippen LogP contribution >= 0.6 is 11.6 Å². The fourth-order valence-electron chi connectivity index (χ4n) is 3.64. The van der Waals surface area contributed by atoms with Gasteiger partial charge in [0.05, 0.1) is 31.9 Å². The molecule has 10 nitrogen and oxygen atoms in total. The molecular weight excluding hydrogens is 426 g/mol. The van der Waals surface area contributed by atoms with Gasteiger partial charge in [0.15, 0.2) is 0 Å². The summed E-state index contributed by atoms with van der Waals surface area (Å²) in [6.45, 7) is 8.46. The van der Waals surface area contributed by atoms with Crippen LogP contribution in [0.1, 0.15) is 40.5 Å². The van der Waals surface area contributed by atoms with Crippen LogP contribution in [-0.2, 0) is 20.8 Å². The zero-order valence-electron chi connectivity index (χ0n) is 18.5. The average molecular weight is 454 g/mol. The second-order valence-corrected chi connectivity index (χ2v) is 8.84. The fraction of sp³-hybridized carbons (Fsp3) is 0.650. The molecule has 170 valence electrons. The molecule has 0 atom stereocenters. The summed E-state index contributed by atoms with van der Waals surface area (Å²) in [6.07, 6.45) is 1.98. The van der Waals surface area contributed by atoms with Crippen molar-refractivity contribution in [2.24, 2.45) is 5.41 Å². The largest absolute Gasteiger partial charge is 0.479 e. The smallest absolute Gasteiger partial charge is 0.410 e. The molecular formula is C20H28ClN5O5. The molecule has 0 radical (unpaired) electrons. The van der Waals surface area contributed by atoms with Crippen LogP contribution in [0.5, 0.6) is 5.88 Å². The molecule has 0 aliphatic carbocycles. The number of hydrogen-bond donors (Lipinski definition) is 0. The van der Waals surface area contributed by atoms with E-state index in [4.69, 9.17) is 25.8 Å². The lowest BCUT2D eigenvalue weighted by Crippen LogP contribution is -2.50. The summed E-state index contributed by atoms with van der Waals surface area (Å²) >= 11 is 5.95. The molecule has 0 N–H and O–H groups in total. The van der Waals surface area contributed by atoms with Crippen LogP contribution in [0.15, 0.2) is 6.20 Å². The minimum absolute atomic E-state index is 0.0506. The van der Waals surface area contributed by atoms with Crippen molar-refractivity contribution < 1.29 is 23.8 Å². The number of methoxy groups -OCH3 is 1. The van der Waals surface area contributed by atoms with Crippen LogP contribution in [0, 0.1) is 5.41 Å². The number of halogens is 1. The maximum atomic E-state index is 13.0. The summed E-state index contributed by atoms with van der Waals surface area (Å²) in [5.74, 6) is -0.0472. The van der Waals surface area contributed by atoms with E-state index in [1.165, 1.54) is 7.11 Å². The van der Waals surface area contributed by atoms with Crippen molar-refractivity contribution >= 4 is 34.7 Å². The van der Waals surface area contributed by atoms with Crippen molar-refractivity contribution in [3.8, 4) is 5.88 Å². The minimum atomic E-state index is -0.863. The van der Waals surface area contributed by atoms with E-state index < -0.39 is 11.0 Å². The first kappa shape index (κ1) is 23.1. The molecule has 1 aliphatic heterocycles. The third-order valence-corrected chi connectivity index (χ3v) is 5.32. The van der Waals surface area contributed by atoms with Crippen molar-refractivity contribution in [1.82, 2.24) is 24.6 Å². The number of carbonyl (C=O) groups excluding carboxylic acids is 2. The Hall–Kier alpha value is -2.62. The zero-order chi connectivity index (χ0) is 22.8. The highest BCUT2D eigenvalue weighted by Gasteiger charge is 2.45. The standard InChI is InChI=1S/C20H28ClN5O5/c1-6-30-16(27)20(7-9-25(10-8-20)18(28)31-19(2,3)4)12-26-14-13(11-22-26)23-17(21)24-15(14)29-5/h11H,6-10,12H2,1-5H3. The Balaban J connectivity index is 1.87. The van der Waals surface area contributed by atoms with Crippen molar-refractivity contribution in [3.05, 3.63) is 11.5 Å². The Kier molecular flexibility index (Phi) is 6.59. The molecule has 31 heavy (non-hydrogen) atoms. The Labute approximate surface area is 185 Å². The van der Waals surface area contributed by atoms with Gasteiger partial charge in [0.2, 0.25) is 11.2 Å². The van der Waals surface area contributed by atoms with Crippen LogP contribution in [0.2, 0.25) is 5.28 Å². The second-order valence-electron chi connectivity index (χ2n) is 8.51. The molecule has 1 amide bonds. The van der Waals surface area contributed by atoms with Crippen molar-refractivity contribution in [2.45, 2.75) is 52.7 Å². The number of rotatable bonds is 5. The van der Waals surface area contributed by atoms with E-state index in [0.29, 0.717) is 37.0 Å². The van der Waals surface area contributed by atoms with Gasteiger partial charge in [0.1, 0.15) is 16.6 Å². The first-order valence-corrected chi connectivity index (χ1v) is 10.5. The number of aromatic nitrogens is 4. The highest BCUT2D eigenvalue weighted by Crippen LogP contribution is 2.37. The third kappa shape index (κ3) is 5.00. The number of ether oxygens (including phenoxy) is 3. The van der Waals surface area contributed by atoms with E-state index in [2.05, 4.69) is 15.1 Å². The van der Waals surface area contributed by atoms with Gasteiger partial charge in [-0.25, -0.2) is 9.78 Å². The van der Waals surface area contributed by atoms with E-state index in [0.717, 1.165) is 0 Å². The lowest BCUT2D eigenvalue weighted by atomic mass is 9.78. The molecule has 0 unspecified atom stereocenters. The van der Waals surface area contributed by atoms with Gasteiger partial charge in [-0.15, -0.1) is 0 Å². The Bertz CT molecular complexity index is 963. The zero-order valence-corrected chi connectivity index (χ0v) is 19.2. The Morgan fingerprint density at radius 2 is 1.90 bits per heavy atom. The SMILES string of the molecule is CCOC(=O)C1(Cn2ncc3nc(Cl)nc(OC)c32)CCN(C(=O)OC(C)(C)C)CC1. The van der Waals surface area contributed by atoms with E-state index in [1.54, 1.807) is 22.7 Å². The quantitative estimate of drug-likeness (QED) is 0.502. The Morgan fingerprint density at radius 1 is 1.23 bits per heavy atom. The van der Waals surface area contributed by atoms with Gasteiger partial charge in [0.25, 0.3) is 0 Å². The molecule has 2 aromatic rings. The number of esters is 1. The summed E-state index contributed by atoms with van der Waals surface area (Å²) in [6, 6.07) is 0. The number of amides is 1. The molecule has 1 fully saturated rings. The summed E-state index contributed by atoms with van der Waals surface area (Å²) in [4.78, 5) is 35.4.